The van der Waals surface area contributed by atoms with Gasteiger partial charge in [-0.15, -0.1) is 0 Å². The van der Waals surface area contributed by atoms with E-state index < -0.39 is 0 Å². The van der Waals surface area contributed by atoms with Crippen molar-refractivity contribution in [3.05, 3.63) is 71.5 Å². The molecule has 2 aromatic carbocycles. The van der Waals surface area contributed by atoms with E-state index in [1.807, 2.05) is 30.3 Å². The predicted octanol–water partition coefficient (Wildman–Crippen LogP) is 3.50. The third-order valence-corrected chi connectivity index (χ3v) is 4.38. The second-order valence-electron chi connectivity index (χ2n) is 6.20. The summed E-state index contributed by atoms with van der Waals surface area (Å²) in [6.07, 6.45) is 4.95. The number of carbonyl (C=O) groups excluding carboxylic acids is 1. The fourth-order valence-electron chi connectivity index (χ4n) is 3.12. The molecule has 130 valence electrons. The number of benzene rings is 2. The Morgan fingerprint density at radius 2 is 1.72 bits per heavy atom. The lowest BCUT2D eigenvalue weighted by Gasteiger charge is -2.33. The monoisotopic (exact) mass is 339 g/mol. The lowest BCUT2D eigenvalue weighted by molar-refractivity contribution is -0.127. The number of carbonyl (C=O) groups is 1. The van der Waals surface area contributed by atoms with Gasteiger partial charge in [0.1, 0.15) is 11.9 Å². The molecule has 5 heteroatoms. The molecule has 1 heterocycles. The average Bonchev–Trinajstić information content (AvgIpc) is 2.65. The lowest BCUT2D eigenvalue weighted by atomic mass is 10.0. The molecule has 1 aliphatic rings. The molecule has 1 amide bonds. The zero-order chi connectivity index (χ0) is 17.5. The highest BCUT2D eigenvalue weighted by Gasteiger charge is 2.28. The van der Waals surface area contributed by atoms with Crippen molar-refractivity contribution in [3.63, 3.8) is 0 Å². The number of piperidine rings is 1. The van der Waals surface area contributed by atoms with Gasteiger partial charge in [0.15, 0.2) is 0 Å². The lowest BCUT2D eigenvalue weighted by Crippen LogP contribution is -2.41. The molecule has 0 aliphatic carbocycles. The SMILES string of the molecule is O=C(N/N=C/c1ccc(F)cc1)[C@H](c1ccccc1)N1CCCCC1. The van der Waals surface area contributed by atoms with Gasteiger partial charge in [0.05, 0.1) is 6.21 Å². The Bertz CT molecular complexity index is 709. The molecule has 0 saturated carbocycles. The summed E-state index contributed by atoms with van der Waals surface area (Å²) in [5, 5.41) is 4.04. The number of hydrazone groups is 1. The van der Waals surface area contributed by atoms with Gasteiger partial charge in [-0.05, 0) is 49.2 Å². The quantitative estimate of drug-likeness (QED) is 0.669. The van der Waals surface area contributed by atoms with E-state index in [0.717, 1.165) is 37.1 Å². The van der Waals surface area contributed by atoms with Crippen LogP contribution in [0, 0.1) is 5.82 Å². The summed E-state index contributed by atoms with van der Waals surface area (Å²) >= 11 is 0. The average molecular weight is 339 g/mol. The molecular formula is C20H22FN3O. The molecule has 1 saturated heterocycles. The van der Waals surface area contributed by atoms with Gasteiger partial charge in [0, 0.05) is 0 Å². The molecule has 1 atom stereocenters. The Labute approximate surface area is 147 Å². The van der Waals surface area contributed by atoms with Crippen LogP contribution >= 0.6 is 0 Å². The van der Waals surface area contributed by atoms with E-state index in [-0.39, 0.29) is 17.8 Å². The van der Waals surface area contributed by atoms with Crippen LogP contribution in [0.25, 0.3) is 0 Å². The fraction of sp³-hybridized carbons (Fsp3) is 0.300. The first-order valence-electron chi connectivity index (χ1n) is 8.61. The zero-order valence-electron chi connectivity index (χ0n) is 14.1. The van der Waals surface area contributed by atoms with Gasteiger partial charge < -0.3 is 0 Å². The Hall–Kier alpha value is -2.53. The molecule has 0 bridgehead atoms. The molecule has 1 fully saturated rings. The summed E-state index contributed by atoms with van der Waals surface area (Å²) in [5.74, 6) is -0.443. The van der Waals surface area contributed by atoms with E-state index in [0.29, 0.717) is 0 Å². The minimum absolute atomic E-state index is 0.147. The summed E-state index contributed by atoms with van der Waals surface area (Å²) in [6, 6.07) is 15.4. The van der Waals surface area contributed by atoms with Crippen LogP contribution in [0.2, 0.25) is 0 Å². The first-order valence-corrected chi connectivity index (χ1v) is 8.61. The van der Waals surface area contributed by atoms with Crippen molar-refractivity contribution >= 4 is 12.1 Å². The second-order valence-corrected chi connectivity index (χ2v) is 6.20. The number of nitrogens with zero attached hydrogens (tertiary/aromatic N) is 2. The van der Waals surface area contributed by atoms with Crippen molar-refractivity contribution in [1.29, 1.82) is 0 Å². The molecule has 2 aromatic rings. The molecular weight excluding hydrogens is 317 g/mol. The van der Waals surface area contributed by atoms with Gasteiger partial charge >= 0.3 is 0 Å². The van der Waals surface area contributed by atoms with Crippen LogP contribution in [-0.4, -0.2) is 30.1 Å². The van der Waals surface area contributed by atoms with Crippen molar-refractivity contribution in [2.24, 2.45) is 5.10 Å². The number of halogens is 1. The minimum atomic E-state index is -0.341. The van der Waals surface area contributed by atoms with Crippen LogP contribution in [0.5, 0.6) is 0 Å². The molecule has 0 aromatic heterocycles. The molecule has 3 rings (SSSR count). The predicted molar refractivity (Wildman–Crippen MR) is 96.7 cm³/mol. The highest BCUT2D eigenvalue weighted by Crippen LogP contribution is 2.24. The summed E-state index contributed by atoms with van der Waals surface area (Å²) in [7, 11) is 0. The summed E-state index contributed by atoms with van der Waals surface area (Å²) in [4.78, 5) is 15.0. The highest BCUT2D eigenvalue weighted by molar-refractivity contribution is 5.85. The van der Waals surface area contributed by atoms with Gasteiger partial charge in [0.2, 0.25) is 0 Å². The van der Waals surface area contributed by atoms with Crippen LogP contribution in [-0.2, 0) is 4.79 Å². The second kappa shape index (κ2) is 8.53. The minimum Gasteiger partial charge on any atom is -0.288 e. The number of likely N-dealkylation sites (tertiary alicyclic amines) is 1. The van der Waals surface area contributed by atoms with Gasteiger partial charge in [0.25, 0.3) is 5.91 Å². The zero-order valence-corrected chi connectivity index (χ0v) is 14.1. The number of hydrogen-bond donors (Lipinski definition) is 1. The van der Waals surface area contributed by atoms with Crippen molar-refractivity contribution in [3.8, 4) is 0 Å². The van der Waals surface area contributed by atoms with Gasteiger partial charge in [-0.3, -0.25) is 9.69 Å². The maximum atomic E-state index is 12.9. The smallest absolute Gasteiger partial charge is 0.262 e. The van der Waals surface area contributed by atoms with Gasteiger partial charge in [-0.1, -0.05) is 48.9 Å². The fourth-order valence-corrected chi connectivity index (χ4v) is 3.12. The maximum Gasteiger partial charge on any atom is 0.262 e. The highest BCUT2D eigenvalue weighted by atomic mass is 19.1. The first kappa shape index (κ1) is 17.3. The summed E-state index contributed by atoms with van der Waals surface area (Å²) in [5.41, 5.74) is 4.34. The van der Waals surface area contributed by atoms with E-state index in [1.165, 1.54) is 24.8 Å². The van der Waals surface area contributed by atoms with Crippen LogP contribution in [0.3, 0.4) is 0 Å². The van der Waals surface area contributed by atoms with Crippen molar-refractivity contribution in [2.45, 2.75) is 25.3 Å². The first-order chi connectivity index (χ1) is 12.2. The molecule has 4 nitrogen and oxygen atoms in total. The van der Waals surface area contributed by atoms with Crippen LogP contribution in [0.15, 0.2) is 59.7 Å². The van der Waals surface area contributed by atoms with Crippen molar-refractivity contribution in [2.75, 3.05) is 13.1 Å². The van der Waals surface area contributed by atoms with E-state index in [4.69, 9.17) is 0 Å². The molecule has 0 radical (unpaired) electrons. The van der Waals surface area contributed by atoms with Crippen LogP contribution in [0.4, 0.5) is 4.39 Å². The van der Waals surface area contributed by atoms with Crippen molar-refractivity contribution < 1.29 is 9.18 Å². The standard InChI is InChI=1S/C20H22FN3O/c21-18-11-9-16(10-12-18)15-22-23-20(25)19(17-7-3-1-4-8-17)24-13-5-2-6-14-24/h1,3-4,7-12,15,19H,2,5-6,13-14H2,(H,23,25)/b22-15+/t19-/m0/s1. The van der Waals surface area contributed by atoms with Gasteiger partial charge in [-0.25, -0.2) is 9.82 Å². The van der Waals surface area contributed by atoms with Crippen molar-refractivity contribution in [1.82, 2.24) is 10.3 Å². The molecule has 0 spiro atoms. The Balaban J connectivity index is 1.71. The van der Waals surface area contributed by atoms with E-state index in [1.54, 1.807) is 12.1 Å². The number of nitrogens with one attached hydrogen (secondary N) is 1. The topological polar surface area (TPSA) is 44.7 Å². The van der Waals surface area contributed by atoms with E-state index >= 15 is 0 Å². The third-order valence-electron chi connectivity index (χ3n) is 4.38. The molecule has 0 unspecified atom stereocenters. The Morgan fingerprint density at radius 1 is 1.04 bits per heavy atom. The third kappa shape index (κ3) is 4.73. The largest absolute Gasteiger partial charge is 0.288 e. The maximum absolute atomic E-state index is 12.9. The summed E-state index contributed by atoms with van der Waals surface area (Å²) in [6.45, 7) is 1.82. The number of hydrogen-bond acceptors (Lipinski definition) is 3. The normalized spacial score (nSPS) is 16.7. The van der Waals surface area contributed by atoms with Gasteiger partial charge in [-0.2, -0.15) is 5.10 Å². The molecule has 1 N–H and O–H groups in total. The Morgan fingerprint density at radius 3 is 2.40 bits per heavy atom. The summed E-state index contributed by atoms with van der Waals surface area (Å²) < 4.78 is 12.9. The number of rotatable bonds is 5. The molecule has 25 heavy (non-hydrogen) atoms. The number of amides is 1. The van der Waals surface area contributed by atoms with E-state index in [9.17, 15) is 9.18 Å². The molecule has 1 aliphatic heterocycles. The Kier molecular flexibility index (Phi) is 5.90. The van der Waals surface area contributed by atoms with E-state index in [2.05, 4.69) is 15.4 Å². The van der Waals surface area contributed by atoms with Crippen LogP contribution in [0.1, 0.15) is 36.4 Å². The van der Waals surface area contributed by atoms with Crippen LogP contribution < -0.4 is 5.43 Å².